The highest BCUT2D eigenvalue weighted by molar-refractivity contribution is 7.10. The van der Waals surface area contributed by atoms with Crippen LogP contribution in [-0.2, 0) is 6.42 Å². The van der Waals surface area contributed by atoms with Gasteiger partial charge in [0.1, 0.15) is 11.5 Å². The summed E-state index contributed by atoms with van der Waals surface area (Å²) >= 11 is 1.62. The molecule has 5 heteroatoms. The predicted molar refractivity (Wildman–Crippen MR) is 109 cm³/mol. The zero-order valence-electron chi connectivity index (χ0n) is 15.7. The number of aryl methyl sites for hydroxylation is 1. The van der Waals surface area contributed by atoms with Gasteiger partial charge in [-0.05, 0) is 41.1 Å². The van der Waals surface area contributed by atoms with Crippen molar-refractivity contribution in [3.05, 3.63) is 81.5 Å². The van der Waals surface area contributed by atoms with Crippen LogP contribution in [0.4, 0.5) is 0 Å². The largest absolute Gasteiger partial charge is 0.497 e. The van der Waals surface area contributed by atoms with E-state index in [2.05, 4.69) is 36.5 Å². The average molecular weight is 381 g/mol. The molecule has 0 fully saturated rings. The summed E-state index contributed by atoms with van der Waals surface area (Å²) in [5.74, 6) is 0.990. The van der Waals surface area contributed by atoms with Crippen molar-refractivity contribution >= 4 is 17.2 Å². The Labute approximate surface area is 163 Å². The van der Waals surface area contributed by atoms with Gasteiger partial charge in [-0.25, -0.2) is 0 Å². The van der Waals surface area contributed by atoms with Gasteiger partial charge >= 0.3 is 0 Å². The van der Waals surface area contributed by atoms with Gasteiger partial charge in [0.2, 0.25) is 0 Å². The summed E-state index contributed by atoms with van der Waals surface area (Å²) in [6, 6.07) is 17.4. The molecule has 0 aliphatic heterocycles. The minimum absolute atomic E-state index is 0.176. The number of nitrogens with one attached hydrogen (secondary N) is 1. The molecule has 140 valence electrons. The molecular weight excluding hydrogens is 358 g/mol. The fourth-order valence-electron chi connectivity index (χ4n) is 2.87. The summed E-state index contributed by atoms with van der Waals surface area (Å²) in [5, 5.41) is 5.17. The second-order valence-electron chi connectivity index (χ2n) is 6.12. The van der Waals surface area contributed by atoms with E-state index in [9.17, 15) is 4.79 Å². The summed E-state index contributed by atoms with van der Waals surface area (Å²) < 4.78 is 10.6. The Balaban J connectivity index is 1.91. The lowest BCUT2D eigenvalue weighted by atomic mass is 10.0. The number of hydrogen-bond donors (Lipinski definition) is 1. The standard InChI is InChI=1S/C22H23NO3S/c1-4-15-7-9-16(10-8-15)21(20-6-5-11-27-20)23-22(24)17-12-18(25-2)14-19(13-17)26-3/h5-14,21H,4H2,1-3H3,(H,23,24)/t21-/m0/s1. The molecule has 1 amide bonds. The van der Waals surface area contributed by atoms with Crippen molar-refractivity contribution in [1.29, 1.82) is 0 Å². The SMILES string of the molecule is CCc1ccc([C@H](NC(=O)c2cc(OC)cc(OC)c2)c2cccs2)cc1. The molecule has 0 aliphatic rings. The van der Waals surface area contributed by atoms with E-state index in [1.165, 1.54) is 5.56 Å². The molecule has 3 rings (SSSR count). The molecule has 1 aromatic heterocycles. The lowest BCUT2D eigenvalue weighted by Gasteiger charge is -2.19. The minimum atomic E-state index is -0.208. The molecule has 0 saturated heterocycles. The number of rotatable bonds is 7. The molecule has 1 heterocycles. The number of thiophene rings is 1. The molecule has 0 bridgehead atoms. The van der Waals surface area contributed by atoms with Crippen LogP contribution in [0.5, 0.6) is 11.5 Å². The molecule has 27 heavy (non-hydrogen) atoms. The van der Waals surface area contributed by atoms with Crippen molar-refractivity contribution in [2.24, 2.45) is 0 Å². The molecule has 0 spiro atoms. The molecule has 0 saturated carbocycles. The Hall–Kier alpha value is -2.79. The van der Waals surface area contributed by atoms with E-state index in [0.29, 0.717) is 17.1 Å². The van der Waals surface area contributed by atoms with Crippen LogP contribution < -0.4 is 14.8 Å². The van der Waals surface area contributed by atoms with E-state index in [0.717, 1.165) is 16.9 Å². The van der Waals surface area contributed by atoms with Crippen LogP contribution in [0.25, 0.3) is 0 Å². The number of amides is 1. The highest BCUT2D eigenvalue weighted by Crippen LogP contribution is 2.28. The maximum Gasteiger partial charge on any atom is 0.252 e. The summed E-state index contributed by atoms with van der Waals surface area (Å²) in [6.07, 6.45) is 0.986. The summed E-state index contributed by atoms with van der Waals surface area (Å²) in [7, 11) is 3.14. The maximum atomic E-state index is 13.0. The molecule has 1 N–H and O–H groups in total. The van der Waals surface area contributed by atoms with E-state index in [-0.39, 0.29) is 11.9 Å². The Morgan fingerprint density at radius 2 is 1.70 bits per heavy atom. The Bertz CT molecular complexity index is 866. The van der Waals surface area contributed by atoms with Crippen molar-refractivity contribution in [2.75, 3.05) is 14.2 Å². The van der Waals surface area contributed by atoms with Crippen LogP contribution >= 0.6 is 11.3 Å². The molecule has 1 atom stereocenters. The Morgan fingerprint density at radius 1 is 1.04 bits per heavy atom. The Morgan fingerprint density at radius 3 is 2.22 bits per heavy atom. The third-order valence-electron chi connectivity index (χ3n) is 4.44. The van der Waals surface area contributed by atoms with E-state index >= 15 is 0 Å². The number of carbonyl (C=O) groups excluding carboxylic acids is 1. The lowest BCUT2D eigenvalue weighted by Crippen LogP contribution is -2.28. The normalized spacial score (nSPS) is 11.7. The van der Waals surface area contributed by atoms with Crippen molar-refractivity contribution < 1.29 is 14.3 Å². The first-order valence-corrected chi connectivity index (χ1v) is 9.68. The van der Waals surface area contributed by atoms with Gasteiger partial charge in [0.15, 0.2) is 0 Å². The van der Waals surface area contributed by atoms with E-state index in [1.807, 2.05) is 17.5 Å². The zero-order chi connectivity index (χ0) is 19.2. The van der Waals surface area contributed by atoms with Crippen LogP contribution in [0, 0.1) is 0 Å². The average Bonchev–Trinajstić information content (AvgIpc) is 3.26. The molecule has 0 unspecified atom stereocenters. The molecule has 0 aliphatic carbocycles. The van der Waals surface area contributed by atoms with Gasteiger partial charge in [0, 0.05) is 16.5 Å². The molecular formula is C22H23NO3S. The third-order valence-corrected chi connectivity index (χ3v) is 5.38. The Kier molecular flexibility index (Phi) is 6.14. The topological polar surface area (TPSA) is 47.6 Å². The third kappa shape index (κ3) is 4.49. The number of methoxy groups -OCH3 is 2. The second-order valence-corrected chi connectivity index (χ2v) is 7.10. The quantitative estimate of drug-likeness (QED) is 0.637. The van der Waals surface area contributed by atoms with Crippen LogP contribution in [0.2, 0.25) is 0 Å². The van der Waals surface area contributed by atoms with E-state index in [1.54, 1.807) is 43.8 Å². The second kappa shape index (κ2) is 8.73. The molecule has 2 aromatic carbocycles. The number of benzene rings is 2. The van der Waals surface area contributed by atoms with E-state index < -0.39 is 0 Å². The van der Waals surface area contributed by atoms with Gasteiger partial charge in [-0.1, -0.05) is 37.3 Å². The zero-order valence-corrected chi connectivity index (χ0v) is 16.5. The fraction of sp³-hybridized carbons (Fsp3) is 0.227. The summed E-state index contributed by atoms with van der Waals surface area (Å²) in [5.41, 5.74) is 2.82. The molecule has 0 radical (unpaired) electrons. The lowest BCUT2D eigenvalue weighted by molar-refractivity contribution is 0.0943. The van der Waals surface area contributed by atoms with Gasteiger partial charge in [0.25, 0.3) is 5.91 Å². The van der Waals surface area contributed by atoms with Crippen molar-refractivity contribution in [1.82, 2.24) is 5.32 Å². The van der Waals surface area contributed by atoms with Crippen LogP contribution in [0.1, 0.15) is 39.3 Å². The minimum Gasteiger partial charge on any atom is -0.497 e. The fourth-order valence-corrected chi connectivity index (χ4v) is 3.68. The van der Waals surface area contributed by atoms with Gasteiger partial charge in [-0.3, -0.25) is 4.79 Å². The highest BCUT2D eigenvalue weighted by Gasteiger charge is 2.20. The smallest absolute Gasteiger partial charge is 0.252 e. The molecule has 4 nitrogen and oxygen atoms in total. The van der Waals surface area contributed by atoms with Crippen molar-refractivity contribution in [3.8, 4) is 11.5 Å². The van der Waals surface area contributed by atoms with Gasteiger partial charge < -0.3 is 14.8 Å². The van der Waals surface area contributed by atoms with Crippen molar-refractivity contribution in [2.45, 2.75) is 19.4 Å². The van der Waals surface area contributed by atoms with Gasteiger partial charge in [-0.2, -0.15) is 0 Å². The first kappa shape index (κ1) is 19.0. The molecule has 3 aromatic rings. The monoisotopic (exact) mass is 381 g/mol. The maximum absolute atomic E-state index is 13.0. The predicted octanol–water partition coefficient (Wildman–Crippen LogP) is 4.85. The number of carbonyl (C=O) groups is 1. The van der Waals surface area contributed by atoms with Gasteiger partial charge in [-0.15, -0.1) is 11.3 Å². The van der Waals surface area contributed by atoms with Crippen molar-refractivity contribution in [3.63, 3.8) is 0 Å². The van der Waals surface area contributed by atoms with Crippen LogP contribution in [-0.4, -0.2) is 20.1 Å². The van der Waals surface area contributed by atoms with Crippen LogP contribution in [0.15, 0.2) is 60.0 Å². The highest BCUT2D eigenvalue weighted by atomic mass is 32.1. The van der Waals surface area contributed by atoms with Crippen LogP contribution in [0.3, 0.4) is 0 Å². The van der Waals surface area contributed by atoms with E-state index in [4.69, 9.17) is 9.47 Å². The number of ether oxygens (including phenoxy) is 2. The number of hydrogen-bond acceptors (Lipinski definition) is 4. The first-order valence-electron chi connectivity index (χ1n) is 8.80. The summed E-state index contributed by atoms with van der Waals surface area (Å²) in [4.78, 5) is 14.1. The van der Waals surface area contributed by atoms with Gasteiger partial charge in [0.05, 0.1) is 20.3 Å². The summed E-state index contributed by atoms with van der Waals surface area (Å²) in [6.45, 7) is 2.13. The first-order chi connectivity index (χ1) is 13.1.